The largest absolute Gasteiger partial charge is 0.462 e. The quantitative estimate of drug-likeness (QED) is 0.648. The number of benzene rings is 2. The van der Waals surface area contributed by atoms with Crippen LogP contribution in [0.5, 0.6) is 0 Å². The number of ether oxygens (including phenoxy) is 1. The Morgan fingerprint density at radius 1 is 1.17 bits per heavy atom. The lowest BCUT2D eigenvalue weighted by atomic mass is 9.95. The van der Waals surface area contributed by atoms with Crippen molar-refractivity contribution in [3.05, 3.63) is 65.1 Å². The zero-order valence-corrected chi connectivity index (χ0v) is 13.9. The van der Waals surface area contributed by atoms with Crippen LogP contribution in [0.2, 0.25) is 0 Å². The third kappa shape index (κ3) is 2.87. The van der Waals surface area contributed by atoms with Crippen LogP contribution in [0.3, 0.4) is 0 Å². The van der Waals surface area contributed by atoms with Crippen LogP contribution in [0.15, 0.2) is 42.5 Å². The Morgan fingerprint density at radius 3 is 2.67 bits per heavy atom. The van der Waals surface area contributed by atoms with Gasteiger partial charge in [0, 0.05) is 16.6 Å². The third-order valence-electron chi connectivity index (χ3n) is 3.94. The first kappa shape index (κ1) is 16.1. The fourth-order valence-corrected chi connectivity index (χ4v) is 2.88. The number of rotatable bonds is 3. The molecule has 0 radical (unpaired) electrons. The molecule has 3 aromatic rings. The number of carbonyl (C=O) groups is 1. The number of aryl methyl sites for hydroxylation is 2. The number of nitrogens with zero attached hydrogens (tertiary/aromatic N) is 1. The molecular formula is C20H18FNO2. The van der Waals surface area contributed by atoms with E-state index in [0.717, 1.165) is 27.7 Å². The highest BCUT2D eigenvalue weighted by atomic mass is 19.1. The summed E-state index contributed by atoms with van der Waals surface area (Å²) in [5, 5.41) is 0.736. The molecule has 4 heteroatoms. The molecule has 0 aliphatic rings. The molecule has 0 N–H and O–H groups in total. The molecule has 3 rings (SSSR count). The summed E-state index contributed by atoms with van der Waals surface area (Å²) in [7, 11) is 0. The van der Waals surface area contributed by atoms with Crippen molar-refractivity contribution in [1.82, 2.24) is 4.98 Å². The van der Waals surface area contributed by atoms with Crippen LogP contribution >= 0.6 is 0 Å². The molecule has 2 aromatic carbocycles. The Morgan fingerprint density at radius 2 is 1.96 bits per heavy atom. The highest BCUT2D eigenvalue weighted by Crippen LogP contribution is 2.33. The maximum absolute atomic E-state index is 14.5. The SMILES string of the molecule is CCOC(=O)c1ccc2nc(C)cc(-c3c(C)cccc3F)c2c1. The fraction of sp³-hybridized carbons (Fsp3) is 0.200. The first-order valence-electron chi connectivity index (χ1n) is 7.85. The standard InChI is InChI=1S/C20H18FNO2/c1-4-24-20(23)14-8-9-18-15(11-14)16(10-13(3)22-18)19-12(2)6-5-7-17(19)21/h5-11H,4H2,1-3H3. The first-order chi connectivity index (χ1) is 11.5. The average Bonchev–Trinajstić information content (AvgIpc) is 2.54. The minimum absolute atomic E-state index is 0.288. The number of pyridine rings is 1. The molecule has 0 aliphatic heterocycles. The predicted molar refractivity (Wildman–Crippen MR) is 92.6 cm³/mol. The third-order valence-corrected chi connectivity index (χ3v) is 3.94. The molecule has 0 aliphatic carbocycles. The molecule has 122 valence electrons. The van der Waals surface area contributed by atoms with Crippen molar-refractivity contribution in [2.24, 2.45) is 0 Å². The highest BCUT2D eigenvalue weighted by molar-refractivity contribution is 6.00. The van der Waals surface area contributed by atoms with Gasteiger partial charge in [-0.2, -0.15) is 0 Å². The monoisotopic (exact) mass is 323 g/mol. The van der Waals surface area contributed by atoms with E-state index in [9.17, 15) is 9.18 Å². The summed E-state index contributed by atoms with van der Waals surface area (Å²) in [5.74, 6) is -0.681. The van der Waals surface area contributed by atoms with Gasteiger partial charge in [-0.15, -0.1) is 0 Å². The van der Waals surface area contributed by atoms with Crippen LogP contribution < -0.4 is 0 Å². The maximum atomic E-state index is 14.5. The molecule has 0 saturated carbocycles. The topological polar surface area (TPSA) is 39.2 Å². The van der Waals surface area contributed by atoms with Gasteiger partial charge in [-0.05, 0) is 62.2 Å². The molecule has 0 amide bonds. The fourth-order valence-electron chi connectivity index (χ4n) is 2.88. The molecule has 0 saturated heterocycles. The smallest absolute Gasteiger partial charge is 0.338 e. The summed E-state index contributed by atoms with van der Waals surface area (Å²) < 4.78 is 19.5. The van der Waals surface area contributed by atoms with Crippen LogP contribution in [-0.2, 0) is 4.74 Å². The minimum atomic E-state index is -0.392. The Labute approximate surface area is 140 Å². The van der Waals surface area contributed by atoms with E-state index in [0.29, 0.717) is 17.7 Å². The van der Waals surface area contributed by atoms with Gasteiger partial charge < -0.3 is 4.74 Å². The lowest BCUT2D eigenvalue weighted by molar-refractivity contribution is 0.0526. The molecule has 0 fully saturated rings. The number of carbonyl (C=O) groups excluding carboxylic acids is 1. The van der Waals surface area contributed by atoms with Gasteiger partial charge in [0.05, 0.1) is 17.7 Å². The van der Waals surface area contributed by atoms with Gasteiger partial charge in [-0.1, -0.05) is 12.1 Å². The van der Waals surface area contributed by atoms with E-state index in [1.54, 1.807) is 31.2 Å². The van der Waals surface area contributed by atoms with Gasteiger partial charge in [0.2, 0.25) is 0 Å². The van der Waals surface area contributed by atoms with E-state index >= 15 is 0 Å². The lowest BCUT2D eigenvalue weighted by Gasteiger charge is -2.13. The summed E-state index contributed by atoms with van der Waals surface area (Å²) in [6.45, 7) is 5.81. The Balaban J connectivity index is 2.30. The van der Waals surface area contributed by atoms with Crippen molar-refractivity contribution >= 4 is 16.9 Å². The Hall–Kier alpha value is -2.75. The van der Waals surface area contributed by atoms with Gasteiger partial charge in [-0.3, -0.25) is 4.98 Å². The second-order valence-electron chi connectivity index (χ2n) is 5.70. The van der Waals surface area contributed by atoms with Crippen molar-refractivity contribution in [3.63, 3.8) is 0 Å². The molecule has 24 heavy (non-hydrogen) atoms. The van der Waals surface area contributed by atoms with Crippen molar-refractivity contribution in [3.8, 4) is 11.1 Å². The molecule has 0 spiro atoms. The van der Waals surface area contributed by atoms with Crippen LogP contribution in [0, 0.1) is 19.7 Å². The molecule has 1 heterocycles. The van der Waals surface area contributed by atoms with Crippen LogP contribution in [-0.4, -0.2) is 17.6 Å². The van der Waals surface area contributed by atoms with Gasteiger partial charge in [0.1, 0.15) is 5.82 Å². The van der Waals surface area contributed by atoms with Crippen molar-refractivity contribution in [2.45, 2.75) is 20.8 Å². The minimum Gasteiger partial charge on any atom is -0.462 e. The number of hydrogen-bond acceptors (Lipinski definition) is 3. The van der Waals surface area contributed by atoms with Gasteiger partial charge in [0.25, 0.3) is 0 Å². The molecule has 0 bridgehead atoms. The van der Waals surface area contributed by atoms with Crippen LogP contribution in [0.1, 0.15) is 28.5 Å². The van der Waals surface area contributed by atoms with E-state index in [1.807, 2.05) is 26.0 Å². The van der Waals surface area contributed by atoms with Crippen molar-refractivity contribution in [2.75, 3.05) is 6.61 Å². The van der Waals surface area contributed by atoms with Crippen molar-refractivity contribution < 1.29 is 13.9 Å². The Kier molecular flexibility index (Phi) is 4.30. The number of halogens is 1. The van der Waals surface area contributed by atoms with Gasteiger partial charge >= 0.3 is 5.97 Å². The summed E-state index contributed by atoms with van der Waals surface area (Å²) in [6.07, 6.45) is 0. The molecule has 0 atom stereocenters. The second-order valence-corrected chi connectivity index (χ2v) is 5.70. The summed E-state index contributed by atoms with van der Waals surface area (Å²) in [4.78, 5) is 16.5. The number of hydrogen-bond donors (Lipinski definition) is 0. The normalized spacial score (nSPS) is 10.8. The average molecular weight is 323 g/mol. The maximum Gasteiger partial charge on any atom is 0.338 e. The molecule has 1 aromatic heterocycles. The van der Waals surface area contributed by atoms with E-state index in [-0.39, 0.29) is 5.82 Å². The molecule has 0 unspecified atom stereocenters. The molecule has 3 nitrogen and oxygen atoms in total. The summed E-state index contributed by atoms with van der Waals surface area (Å²) >= 11 is 0. The van der Waals surface area contributed by atoms with Gasteiger partial charge in [0.15, 0.2) is 0 Å². The van der Waals surface area contributed by atoms with E-state index in [1.165, 1.54) is 6.07 Å². The first-order valence-corrected chi connectivity index (χ1v) is 7.85. The van der Waals surface area contributed by atoms with Crippen LogP contribution in [0.25, 0.3) is 22.0 Å². The summed E-state index contributed by atoms with van der Waals surface area (Å²) in [6, 6.07) is 12.0. The number of esters is 1. The van der Waals surface area contributed by atoms with Crippen molar-refractivity contribution in [1.29, 1.82) is 0 Å². The summed E-state index contributed by atoms with van der Waals surface area (Å²) in [5.41, 5.74) is 4.06. The predicted octanol–water partition coefficient (Wildman–Crippen LogP) is 4.83. The second kappa shape index (κ2) is 6.40. The van der Waals surface area contributed by atoms with E-state index < -0.39 is 5.97 Å². The van der Waals surface area contributed by atoms with E-state index in [2.05, 4.69) is 4.98 Å². The van der Waals surface area contributed by atoms with Crippen LogP contribution in [0.4, 0.5) is 4.39 Å². The van der Waals surface area contributed by atoms with E-state index in [4.69, 9.17) is 4.74 Å². The number of aromatic nitrogens is 1. The molecular weight excluding hydrogens is 305 g/mol. The zero-order chi connectivity index (χ0) is 17.3. The van der Waals surface area contributed by atoms with Gasteiger partial charge in [-0.25, -0.2) is 9.18 Å². The lowest BCUT2D eigenvalue weighted by Crippen LogP contribution is -2.04. The zero-order valence-electron chi connectivity index (χ0n) is 13.9. The number of fused-ring (bicyclic) bond motifs is 1. The highest BCUT2D eigenvalue weighted by Gasteiger charge is 2.15. The Bertz CT molecular complexity index is 914.